The Morgan fingerprint density at radius 3 is 2.83 bits per heavy atom. The van der Waals surface area contributed by atoms with Crippen LogP contribution in [0, 0.1) is 0 Å². The van der Waals surface area contributed by atoms with Gasteiger partial charge in [0.05, 0.1) is 11.9 Å². The minimum Gasteiger partial charge on any atom is -0.481 e. The van der Waals surface area contributed by atoms with Crippen molar-refractivity contribution in [1.82, 2.24) is 4.98 Å². The van der Waals surface area contributed by atoms with Gasteiger partial charge in [0.2, 0.25) is 0 Å². The number of carboxylic acids is 1. The molecule has 1 aromatic carbocycles. The van der Waals surface area contributed by atoms with Crippen molar-refractivity contribution in [3.63, 3.8) is 0 Å². The zero-order chi connectivity index (χ0) is 13.0. The van der Waals surface area contributed by atoms with Crippen LogP contribution >= 0.6 is 0 Å². The fourth-order valence-corrected chi connectivity index (χ4v) is 2.87. The number of fused-ring (bicyclic) bond motifs is 1. The molecule has 0 spiro atoms. The van der Waals surface area contributed by atoms with Crippen LogP contribution in [0.25, 0.3) is 10.9 Å². The molecule has 0 saturated carbocycles. The minimum absolute atomic E-state index is 0.0599. The average molecular weight is 263 g/mol. The molecule has 18 heavy (non-hydrogen) atoms. The molecule has 0 saturated heterocycles. The van der Waals surface area contributed by atoms with Crippen LogP contribution in [0.15, 0.2) is 36.5 Å². The van der Waals surface area contributed by atoms with Crippen LogP contribution in [-0.2, 0) is 21.3 Å². The van der Waals surface area contributed by atoms with E-state index in [0.29, 0.717) is 5.75 Å². The number of hydrogen-bond donors (Lipinski definition) is 1. The molecule has 1 heterocycles. The van der Waals surface area contributed by atoms with Crippen LogP contribution in [0.3, 0.4) is 0 Å². The third-order valence-corrected chi connectivity index (χ3v) is 3.89. The molecule has 5 heteroatoms. The lowest BCUT2D eigenvalue weighted by atomic mass is 10.1. The maximum absolute atomic E-state index is 11.8. The van der Waals surface area contributed by atoms with Crippen molar-refractivity contribution >= 4 is 27.7 Å². The van der Waals surface area contributed by atoms with E-state index >= 15 is 0 Å². The highest BCUT2D eigenvalue weighted by Gasteiger charge is 2.08. The molecule has 1 unspecified atom stereocenters. The quantitative estimate of drug-likeness (QED) is 0.895. The summed E-state index contributed by atoms with van der Waals surface area (Å²) in [5.41, 5.74) is 1.81. The molecular formula is C13H13NO3S. The molecule has 0 bridgehead atoms. The lowest BCUT2D eigenvalue weighted by Gasteiger charge is -2.05. The summed E-state index contributed by atoms with van der Waals surface area (Å²) < 4.78 is 11.8. The van der Waals surface area contributed by atoms with Crippen LogP contribution in [0.5, 0.6) is 0 Å². The average Bonchev–Trinajstić information content (AvgIpc) is 2.37. The van der Waals surface area contributed by atoms with Gasteiger partial charge in [0.1, 0.15) is 0 Å². The van der Waals surface area contributed by atoms with Gasteiger partial charge < -0.3 is 5.11 Å². The Hall–Kier alpha value is -1.75. The maximum atomic E-state index is 11.8. The summed E-state index contributed by atoms with van der Waals surface area (Å²) in [4.78, 5) is 14.7. The maximum Gasteiger partial charge on any atom is 0.304 e. The van der Waals surface area contributed by atoms with E-state index in [9.17, 15) is 9.00 Å². The van der Waals surface area contributed by atoms with Crippen molar-refractivity contribution in [3.8, 4) is 0 Å². The van der Waals surface area contributed by atoms with Gasteiger partial charge in [0.15, 0.2) is 0 Å². The zero-order valence-electron chi connectivity index (χ0n) is 9.70. The summed E-state index contributed by atoms with van der Waals surface area (Å²) in [7, 11) is -1.16. The Morgan fingerprint density at radius 2 is 2.06 bits per heavy atom. The van der Waals surface area contributed by atoms with E-state index in [1.165, 1.54) is 0 Å². The van der Waals surface area contributed by atoms with Gasteiger partial charge in [-0.25, -0.2) is 0 Å². The summed E-state index contributed by atoms with van der Waals surface area (Å²) in [5.74, 6) is -0.356. The molecule has 1 atom stereocenters. The molecule has 0 amide bonds. The first-order valence-corrected chi connectivity index (χ1v) is 7.05. The Bertz CT molecular complexity index is 592. The number of hydrogen-bond acceptors (Lipinski definition) is 3. The SMILES string of the molecule is O=C(O)CCS(=O)Cc1ccnc2ccccc12. The predicted molar refractivity (Wildman–Crippen MR) is 70.7 cm³/mol. The van der Waals surface area contributed by atoms with E-state index < -0.39 is 16.8 Å². The predicted octanol–water partition coefficient (Wildman–Crippen LogP) is 1.96. The second kappa shape index (κ2) is 5.73. The van der Waals surface area contributed by atoms with Gasteiger partial charge in [-0.1, -0.05) is 18.2 Å². The van der Waals surface area contributed by atoms with E-state index in [1.54, 1.807) is 6.20 Å². The monoisotopic (exact) mass is 263 g/mol. The first-order chi connectivity index (χ1) is 8.66. The Morgan fingerprint density at radius 1 is 1.28 bits per heavy atom. The summed E-state index contributed by atoms with van der Waals surface area (Å²) in [6.07, 6.45) is 1.63. The molecule has 2 rings (SSSR count). The highest BCUT2D eigenvalue weighted by Crippen LogP contribution is 2.17. The number of para-hydroxylation sites is 1. The van der Waals surface area contributed by atoms with Crippen LogP contribution < -0.4 is 0 Å². The Balaban J connectivity index is 2.16. The highest BCUT2D eigenvalue weighted by molar-refractivity contribution is 7.84. The van der Waals surface area contributed by atoms with Crippen molar-refractivity contribution in [2.24, 2.45) is 0 Å². The van der Waals surface area contributed by atoms with Crippen LogP contribution in [0.1, 0.15) is 12.0 Å². The summed E-state index contributed by atoms with van der Waals surface area (Å²) in [6, 6.07) is 9.49. The molecule has 0 aliphatic carbocycles. The number of aliphatic carboxylic acids is 1. The molecule has 0 aliphatic rings. The number of pyridine rings is 1. The Kier molecular flexibility index (Phi) is 4.04. The molecule has 0 radical (unpaired) electrons. The Labute approximate surface area is 107 Å². The highest BCUT2D eigenvalue weighted by atomic mass is 32.2. The smallest absolute Gasteiger partial charge is 0.304 e. The third-order valence-electron chi connectivity index (χ3n) is 2.60. The van der Waals surface area contributed by atoms with Gasteiger partial charge in [-0.15, -0.1) is 0 Å². The number of rotatable bonds is 5. The van der Waals surface area contributed by atoms with Gasteiger partial charge in [-0.2, -0.15) is 0 Å². The first kappa shape index (κ1) is 12.7. The van der Waals surface area contributed by atoms with Crippen LogP contribution in [-0.4, -0.2) is 26.0 Å². The fourth-order valence-electron chi connectivity index (χ4n) is 1.73. The number of carboxylic acid groups (broad SMARTS) is 1. The topological polar surface area (TPSA) is 67.3 Å². The van der Waals surface area contributed by atoms with Gasteiger partial charge >= 0.3 is 5.97 Å². The van der Waals surface area contributed by atoms with Gasteiger partial charge in [0.25, 0.3) is 0 Å². The first-order valence-electron chi connectivity index (χ1n) is 5.56. The normalized spacial score (nSPS) is 12.4. The molecule has 94 valence electrons. The number of carbonyl (C=O) groups is 1. The van der Waals surface area contributed by atoms with Crippen molar-refractivity contribution in [3.05, 3.63) is 42.1 Å². The molecular weight excluding hydrogens is 250 g/mol. The minimum atomic E-state index is -1.16. The molecule has 4 nitrogen and oxygen atoms in total. The van der Waals surface area contributed by atoms with E-state index in [2.05, 4.69) is 4.98 Å². The molecule has 0 aliphatic heterocycles. The van der Waals surface area contributed by atoms with E-state index in [4.69, 9.17) is 5.11 Å². The molecule has 0 fully saturated rings. The third kappa shape index (κ3) is 3.13. The van der Waals surface area contributed by atoms with Crippen molar-refractivity contribution in [2.45, 2.75) is 12.2 Å². The summed E-state index contributed by atoms with van der Waals surface area (Å²) in [5, 5.41) is 9.53. The van der Waals surface area contributed by atoms with Gasteiger partial charge in [0, 0.05) is 33.9 Å². The van der Waals surface area contributed by atoms with E-state index in [0.717, 1.165) is 16.5 Å². The van der Waals surface area contributed by atoms with Crippen molar-refractivity contribution in [2.75, 3.05) is 5.75 Å². The summed E-state index contributed by atoms with van der Waals surface area (Å²) in [6.45, 7) is 0. The molecule has 1 N–H and O–H groups in total. The van der Waals surface area contributed by atoms with E-state index in [-0.39, 0.29) is 12.2 Å². The largest absolute Gasteiger partial charge is 0.481 e. The van der Waals surface area contributed by atoms with E-state index in [1.807, 2.05) is 30.3 Å². The lowest BCUT2D eigenvalue weighted by Crippen LogP contribution is -2.06. The van der Waals surface area contributed by atoms with Crippen LogP contribution in [0.2, 0.25) is 0 Å². The fraction of sp³-hybridized carbons (Fsp3) is 0.231. The zero-order valence-corrected chi connectivity index (χ0v) is 10.5. The standard InChI is InChI=1S/C13H13NO3S/c15-13(16)6-8-18(17)9-10-5-7-14-12-4-2-1-3-11(10)12/h1-5,7H,6,8-9H2,(H,15,16). The van der Waals surface area contributed by atoms with Crippen LogP contribution in [0.4, 0.5) is 0 Å². The number of benzene rings is 1. The lowest BCUT2D eigenvalue weighted by molar-refractivity contribution is -0.136. The molecule has 1 aromatic heterocycles. The second-order valence-corrected chi connectivity index (χ2v) is 5.50. The van der Waals surface area contributed by atoms with Crippen molar-refractivity contribution < 1.29 is 14.1 Å². The van der Waals surface area contributed by atoms with Gasteiger partial charge in [-0.3, -0.25) is 14.0 Å². The summed E-state index contributed by atoms with van der Waals surface area (Å²) >= 11 is 0. The van der Waals surface area contributed by atoms with Crippen molar-refractivity contribution in [1.29, 1.82) is 0 Å². The number of aromatic nitrogens is 1. The second-order valence-electron chi connectivity index (χ2n) is 3.92. The molecule has 2 aromatic rings. The number of nitrogens with zero attached hydrogens (tertiary/aromatic N) is 1. The van der Waals surface area contributed by atoms with Gasteiger partial charge in [-0.05, 0) is 17.7 Å².